The maximum atomic E-state index is 14.7. The molecule has 10 heteroatoms. The van der Waals surface area contributed by atoms with E-state index in [1.165, 1.54) is 36.1 Å². The van der Waals surface area contributed by atoms with Crippen LogP contribution in [0.25, 0.3) is 0 Å². The van der Waals surface area contributed by atoms with Crippen LogP contribution in [0.1, 0.15) is 26.3 Å². The van der Waals surface area contributed by atoms with Gasteiger partial charge in [-0.3, -0.25) is 24.6 Å². The molecular weight excluding hydrogens is 607 g/mol. The third kappa shape index (κ3) is 6.23. The van der Waals surface area contributed by atoms with Crippen LogP contribution in [0.15, 0.2) is 115 Å². The standard InChI is InChI=1S/C35H33N2O6PS/c1-24(2)31-32(39)36(34(31)45-25(3)38)33(35(40)43-23-26-19-21-27(22-20-26)37(41)42)44(28-13-7-4-8-14-28,29-15-9-5-10-16-29)30-17-11-6-12-18-30/h4-22,24,31,34H,23H2,1-3H3. The predicted octanol–water partition coefficient (Wildman–Crippen LogP) is 5.48. The highest BCUT2D eigenvalue weighted by atomic mass is 32.2. The number of ether oxygens (including phenoxy) is 1. The molecule has 8 nitrogen and oxygen atoms in total. The van der Waals surface area contributed by atoms with Crippen molar-refractivity contribution in [2.75, 3.05) is 0 Å². The number of non-ortho nitro benzene ring substituents is 1. The van der Waals surface area contributed by atoms with Gasteiger partial charge >= 0.3 is 5.97 Å². The zero-order valence-electron chi connectivity index (χ0n) is 25.1. The lowest BCUT2D eigenvalue weighted by Gasteiger charge is -2.50. The normalized spacial score (nSPS) is 16.2. The first-order valence-corrected chi connectivity index (χ1v) is 17.2. The fourth-order valence-corrected chi connectivity index (χ4v) is 11.4. The lowest BCUT2D eigenvalue weighted by molar-refractivity contribution is -0.384. The van der Waals surface area contributed by atoms with Gasteiger partial charge in [-0.05, 0) is 39.5 Å². The van der Waals surface area contributed by atoms with Crippen molar-refractivity contribution < 1.29 is 24.0 Å². The molecule has 4 aromatic rings. The Kier molecular flexibility index (Phi) is 9.71. The molecule has 4 aromatic carbocycles. The minimum atomic E-state index is -3.12. The Balaban J connectivity index is 1.82. The smallest absolute Gasteiger partial charge is 0.356 e. The zero-order chi connectivity index (χ0) is 32.1. The molecular formula is C35H33N2O6PS. The van der Waals surface area contributed by atoms with Gasteiger partial charge in [-0.1, -0.05) is 117 Å². The number of esters is 1. The van der Waals surface area contributed by atoms with Gasteiger partial charge in [-0.2, -0.15) is 0 Å². The number of carbonyl (C=O) groups is 3. The Labute approximate surface area is 266 Å². The second-order valence-corrected chi connectivity index (χ2v) is 15.6. The summed E-state index contributed by atoms with van der Waals surface area (Å²) in [6.07, 6.45) is 0. The molecule has 0 radical (unpaired) electrons. The average molecular weight is 641 g/mol. The summed E-state index contributed by atoms with van der Waals surface area (Å²) in [5.41, 5.74) is 0.671. The molecule has 1 heterocycles. The van der Waals surface area contributed by atoms with Crippen LogP contribution >= 0.6 is 18.6 Å². The molecule has 1 aliphatic heterocycles. The number of rotatable bonds is 10. The van der Waals surface area contributed by atoms with Crippen LogP contribution in [0.2, 0.25) is 0 Å². The van der Waals surface area contributed by atoms with Gasteiger partial charge in [-0.15, -0.1) is 0 Å². The number of carbonyl (C=O) groups excluding carboxylic acids is 3. The number of hydrogen-bond acceptors (Lipinski definition) is 7. The van der Waals surface area contributed by atoms with E-state index >= 15 is 0 Å². The summed E-state index contributed by atoms with van der Waals surface area (Å²) < 4.78 is 6.01. The third-order valence-corrected chi connectivity index (χ3v) is 13.1. The first-order chi connectivity index (χ1) is 21.7. The summed E-state index contributed by atoms with van der Waals surface area (Å²) in [6, 6.07) is 34.8. The molecule has 230 valence electrons. The Hall–Kier alpha value is -4.46. The minimum Gasteiger partial charge on any atom is -0.456 e. The number of nitrogens with zero attached hydrogens (tertiary/aromatic N) is 2. The highest BCUT2D eigenvalue weighted by Gasteiger charge is 2.55. The van der Waals surface area contributed by atoms with Crippen molar-refractivity contribution in [1.29, 1.82) is 0 Å². The van der Waals surface area contributed by atoms with E-state index in [1.54, 1.807) is 0 Å². The van der Waals surface area contributed by atoms with Crippen molar-refractivity contribution in [3.63, 3.8) is 0 Å². The maximum absolute atomic E-state index is 14.7. The van der Waals surface area contributed by atoms with Crippen LogP contribution in [0.5, 0.6) is 0 Å². The van der Waals surface area contributed by atoms with E-state index in [4.69, 9.17) is 4.74 Å². The number of benzene rings is 4. The minimum absolute atomic E-state index is 0.0686. The molecule has 0 saturated carbocycles. The van der Waals surface area contributed by atoms with E-state index in [2.05, 4.69) is 0 Å². The van der Waals surface area contributed by atoms with Crippen LogP contribution in [0, 0.1) is 22.0 Å². The largest absolute Gasteiger partial charge is 0.456 e. The number of nitro benzene ring substituents is 1. The molecule has 1 aliphatic rings. The fourth-order valence-electron chi connectivity index (χ4n) is 5.71. The molecule has 0 bridgehead atoms. The van der Waals surface area contributed by atoms with Crippen LogP contribution < -0.4 is 15.9 Å². The van der Waals surface area contributed by atoms with Crippen LogP contribution in [0.4, 0.5) is 5.69 Å². The second-order valence-electron chi connectivity index (χ2n) is 11.0. The van der Waals surface area contributed by atoms with Gasteiger partial charge in [0.25, 0.3) is 5.69 Å². The Morgan fingerprint density at radius 2 is 1.31 bits per heavy atom. The molecule has 0 aromatic heterocycles. The van der Waals surface area contributed by atoms with Crippen molar-refractivity contribution in [2.45, 2.75) is 32.8 Å². The van der Waals surface area contributed by atoms with Crippen LogP contribution in [0.3, 0.4) is 0 Å². The quantitative estimate of drug-likeness (QED) is 0.0743. The SMILES string of the molecule is CC(=O)SC1C(C(C)C)C(=O)N1C(C(=O)OCc1ccc([N+](=O)[O-])cc1)=P(c1ccccc1)(c1ccccc1)c1ccccc1. The third-order valence-electron chi connectivity index (χ3n) is 7.77. The van der Waals surface area contributed by atoms with Gasteiger partial charge in [-0.25, -0.2) is 4.79 Å². The summed E-state index contributed by atoms with van der Waals surface area (Å²) in [5, 5.41) is 12.9. The summed E-state index contributed by atoms with van der Waals surface area (Å²) in [6.45, 7) is 2.05. The first kappa shape index (κ1) is 31.9. The number of likely N-dealkylation sites (tertiary alicyclic amines) is 1. The number of nitro groups is 1. The van der Waals surface area contributed by atoms with E-state index in [-0.39, 0.29) is 34.7 Å². The van der Waals surface area contributed by atoms with Crippen LogP contribution in [-0.2, 0) is 25.7 Å². The molecule has 0 aliphatic carbocycles. The fraction of sp³-hybridized carbons (Fsp3) is 0.200. The summed E-state index contributed by atoms with van der Waals surface area (Å²) in [7, 11) is 0. The second kappa shape index (κ2) is 13.7. The van der Waals surface area contributed by atoms with E-state index in [0.717, 1.165) is 27.7 Å². The van der Waals surface area contributed by atoms with Gasteiger partial charge in [0.05, 0.1) is 10.8 Å². The highest BCUT2D eigenvalue weighted by molar-refractivity contribution is 8.14. The number of amides is 1. The van der Waals surface area contributed by atoms with Crippen molar-refractivity contribution in [3.05, 3.63) is 131 Å². The van der Waals surface area contributed by atoms with Crippen molar-refractivity contribution in [2.24, 2.45) is 11.8 Å². The average Bonchev–Trinajstić information content (AvgIpc) is 3.04. The highest BCUT2D eigenvalue weighted by Crippen LogP contribution is 2.51. The van der Waals surface area contributed by atoms with Crippen molar-refractivity contribution >= 4 is 62.7 Å². The van der Waals surface area contributed by atoms with Gasteiger partial charge in [0.2, 0.25) is 5.91 Å². The Morgan fingerprint density at radius 1 is 0.844 bits per heavy atom. The number of β-lactam (4-membered cyclic amide) rings is 1. The molecule has 1 saturated heterocycles. The molecule has 0 spiro atoms. The van der Waals surface area contributed by atoms with E-state index in [9.17, 15) is 24.5 Å². The molecule has 45 heavy (non-hydrogen) atoms. The number of thioether (sulfide) groups is 1. The van der Waals surface area contributed by atoms with Crippen molar-refractivity contribution in [1.82, 2.24) is 4.90 Å². The van der Waals surface area contributed by atoms with Crippen molar-refractivity contribution in [3.8, 4) is 0 Å². The topological polar surface area (TPSA) is 107 Å². The van der Waals surface area contributed by atoms with Crippen LogP contribution in [-0.4, -0.2) is 37.6 Å². The molecule has 2 atom stereocenters. The van der Waals surface area contributed by atoms with E-state index in [1.807, 2.05) is 105 Å². The molecule has 5 rings (SSSR count). The predicted molar refractivity (Wildman–Crippen MR) is 180 cm³/mol. The van der Waals surface area contributed by atoms with Gasteiger partial charge in [0.15, 0.2) is 5.12 Å². The molecule has 0 N–H and O–H groups in total. The number of hydrogen-bond donors (Lipinski definition) is 0. The molecule has 1 fully saturated rings. The monoisotopic (exact) mass is 640 g/mol. The lowest BCUT2D eigenvalue weighted by Crippen LogP contribution is -2.66. The van der Waals surface area contributed by atoms with Gasteiger partial charge in [0, 0.05) is 25.9 Å². The van der Waals surface area contributed by atoms with E-state index in [0.29, 0.717) is 5.56 Å². The Bertz CT molecular complexity index is 1660. The zero-order valence-corrected chi connectivity index (χ0v) is 26.8. The van der Waals surface area contributed by atoms with E-state index < -0.39 is 29.1 Å². The Morgan fingerprint density at radius 3 is 1.71 bits per heavy atom. The lowest BCUT2D eigenvalue weighted by atomic mass is 9.87. The summed E-state index contributed by atoms with van der Waals surface area (Å²) in [4.78, 5) is 53.7. The van der Waals surface area contributed by atoms with Gasteiger partial charge < -0.3 is 4.74 Å². The molecule has 2 unspecified atom stereocenters. The van der Waals surface area contributed by atoms with Gasteiger partial charge in [0.1, 0.15) is 17.4 Å². The first-order valence-electron chi connectivity index (χ1n) is 14.5. The molecule has 1 amide bonds. The summed E-state index contributed by atoms with van der Waals surface area (Å²) >= 11 is 1.05. The summed E-state index contributed by atoms with van der Waals surface area (Å²) in [5.74, 6) is -1.47. The maximum Gasteiger partial charge on any atom is 0.356 e.